The largest absolute Gasteiger partial charge is 0.441 e. The second-order valence-corrected chi connectivity index (χ2v) is 6.63. The smallest absolute Gasteiger partial charge is 0.416 e. The van der Waals surface area contributed by atoms with Gasteiger partial charge in [-0.3, -0.25) is 0 Å². The van der Waals surface area contributed by atoms with Crippen LogP contribution in [0.2, 0.25) is 0 Å². The van der Waals surface area contributed by atoms with Gasteiger partial charge in [-0.2, -0.15) is 26.3 Å². The van der Waals surface area contributed by atoms with Gasteiger partial charge in [0, 0.05) is 23.9 Å². The number of nitrogens with zero attached hydrogens (tertiary/aromatic N) is 1. The topological polar surface area (TPSA) is 90.4 Å². The van der Waals surface area contributed by atoms with Crippen LogP contribution in [0.4, 0.5) is 36.8 Å². The monoisotopic (exact) mass is 459 g/mol. The lowest BCUT2D eigenvalue weighted by molar-refractivity contribution is -0.143. The van der Waals surface area contributed by atoms with Gasteiger partial charge in [-0.25, -0.2) is 4.79 Å². The van der Waals surface area contributed by atoms with E-state index < -0.39 is 29.6 Å². The summed E-state index contributed by atoms with van der Waals surface area (Å²) in [5, 5.41) is 6.60. The molecule has 0 fully saturated rings. The Kier molecular flexibility index (Phi) is 6.32. The average molecular weight is 459 g/mol. The molecule has 1 heterocycles. The van der Waals surface area contributed by atoms with E-state index >= 15 is 0 Å². The maximum atomic E-state index is 13.0. The number of halogens is 6. The summed E-state index contributed by atoms with van der Waals surface area (Å²) >= 11 is 0. The molecule has 0 aliphatic heterocycles. The molecule has 3 aromatic rings. The maximum Gasteiger partial charge on any atom is 0.416 e. The Morgan fingerprint density at radius 1 is 0.969 bits per heavy atom. The summed E-state index contributed by atoms with van der Waals surface area (Å²) in [6.07, 6.45) is -10.8. The van der Waals surface area contributed by atoms with Gasteiger partial charge >= 0.3 is 18.4 Å². The van der Waals surface area contributed by atoms with Gasteiger partial charge in [0.1, 0.15) is 5.69 Å². The molecule has 0 spiro atoms. The van der Waals surface area contributed by atoms with E-state index in [-0.39, 0.29) is 30.5 Å². The van der Waals surface area contributed by atoms with Crippen molar-refractivity contribution >= 4 is 11.8 Å². The van der Waals surface area contributed by atoms with Crippen LogP contribution in [0, 0.1) is 0 Å². The lowest BCUT2D eigenvalue weighted by Gasteiger charge is -2.15. The highest BCUT2D eigenvalue weighted by Gasteiger charge is 2.36. The van der Waals surface area contributed by atoms with Crippen LogP contribution in [0.1, 0.15) is 22.5 Å². The number of hydrogen-bond acceptors (Lipinski definition) is 5. The fourth-order valence-electron chi connectivity index (χ4n) is 2.74. The van der Waals surface area contributed by atoms with E-state index in [1.165, 1.54) is 6.07 Å². The second kappa shape index (κ2) is 8.81. The van der Waals surface area contributed by atoms with Gasteiger partial charge in [-0.05, 0) is 35.9 Å². The molecule has 0 atom stereocenters. The van der Waals surface area contributed by atoms with Crippen molar-refractivity contribution in [3.8, 4) is 11.3 Å². The van der Waals surface area contributed by atoms with Gasteiger partial charge in [-0.1, -0.05) is 17.3 Å². The Labute approximate surface area is 176 Å². The molecule has 3 rings (SSSR count). The number of benzene rings is 2. The van der Waals surface area contributed by atoms with E-state index in [9.17, 15) is 31.1 Å². The molecule has 12 heteroatoms. The van der Waals surface area contributed by atoms with Gasteiger partial charge in [0.05, 0.1) is 11.1 Å². The Bertz CT molecular complexity index is 1060. The Morgan fingerprint density at radius 2 is 1.56 bits per heavy atom. The molecule has 0 saturated carbocycles. The fourth-order valence-corrected chi connectivity index (χ4v) is 2.74. The molecule has 6 nitrogen and oxygen atoms in total. The molecule has 1 amide bonds. The predicted octanol–water partition coefficient (Wildman–Crippen LogP) is 5.59. The summed E-state index contributed by atoms with van der Waals surface area (Å²) in [6, 6.07) is 9.32. The van der Waals surface area contributed by atoms with E-state index in [1.807, 2.05) is 0 Å². The first-order valence-electron chi connectivity index (χ1n) is 8.92. The SMILES string of the molecule is NC(=O)OCc1cc(-c2ccc(NCc3cc(C(F)(F)F)cc(C(F)(F)F)c3)cc2)no1. The van der Waals surface area contributed by atoms with Gasteiger partial charge in [0.2, 0.25) is 0 Å². The quantitative estimate of drug-likeness (QED) is 0.470. The van der Waals surface area contributed by atoms with E-state index in [0.717, 1.165) is 0 Å². The third kappa shape index (κ3) is 5.93. The Balaban J connectivity index is 1.71. The minimum atomic E-state index is -4.91. The average Bonchev–Trinajstić information content (AvgIpc) is 3.19. The number of hydrogen-bond donors (Lipinski definition) is 2. The number of ether oxygens (including phenoxy) is 1. The first-order valence-corrected chi connectivity index (χ1v) is 8.92. The number of nitrogens with one attached hydrogen (secondary N) is 1. The number of primary amides is 1. The molecule has 2 aromatic carbocycles. The van der Waals surface area contributed by atoms with Crippen molar-refractivity contribution in [2.45, 2.75) is 25.5 Å². The van der Waals surface area contributed by atoms with Crippen LogP contribution >= 0.6 is 0 Å². The number of rotatable bonds is 6. The standard InChI is InChI=1S/C20H15F6N3O3/c21-19(22,23)13-5-11(6-14(7-13)20(24,25)26)9-28-15-3-1-12(2-4-15)17-8-16(32-29-17)10-31-18(27)30/h1-8,28H,9-10H2,(H2,27,30). The molecule has 0 aliphatic rings. The van der Waals surface area contributed by atoms with Crippen molar-refractivity contribution in [2.24, 2.45) is 5.73 Å². The molecule has 1 aromatic heterocycles. The van der Waals surface area contributed by atoms with Crippen molar-refractivity contribution in [3.63, 3.8) is 0 Å². The molecule has 0 saturated heterocycles. The molecule has 32 heavy (non-hydrogen) atoms. The van der Waals surface area contributed by atoms with Gasteiger partial charge < -0.3 is 20.3 Å². The lowest BCUT2D eigenvalue weighted by atomic mass is 10.0. The summed E-state index contributed by atoms with van der Waals surface area (Å²) in [6.45, 7) is -0.455. The molecule has 3 N–H and O–H groups in total. The van der Waals surface area contributed by atoms with E-state index in [2.05, 4.69) is 15.2 Å². The number of amides is 1. The zero-order valence-electron chi connectivity index (χ0n) is 16.1. The highest BCUT2D eigenvalue weighted by atomic mass is 19.4. The van der Waals surface area contributed by atoms with Crippen LogP contribution in [0.25, 0.3) is 11.3 Å². The number of anilines is 1. The first kappa shape index (κ1) is 23.0. The third-order valence-electron chi connectivity index (χ3n) is 4.24. The molecule has 0 unspecified atom stereocenters. The van der Waals surface area contributed by atoms with E-state index in [4.69, 9.17) is 10.3 Å². The summed E-state index contributed by atoms with van der Waals surface area (Å²) in [4.78, 5) is 10.6. The number of alkyl halides is 6. The molecule has 0 bridgehead atoms. The van der Waals surface area contributed by atoms with E-state index in [0.29, 0.717) is 29.1 Å². The summed E-state index contributed by atoms with van der Waals surface area (Å²) in [5.41, 5.74) is 3.44. The molecular weight excluding hydrogens is 444 g/mol. The third-order valence-corrected chi connectivity index (χ3v) is 4.24. The van der Waals surface area contributed by atoms with Gasteiger partial charge in [0.15, 0.2) is 12.4 Å². The predicted molar refractivity (Wildman–Crippen MR) is 100 cm³/mol. The van der Waals surface area contributed by atoms with Crippen molar-refractivity contribution < 1.29 is 40.4 Å². The zero-order valence-corrected chi connectivity index (χ0v) is 16.1. The number of nitrogens with two attached hydrogens (primary N) is 1. The number of aromatic nitrogens is 1. The molecule has 170 valence electrons. The molecular formula is C20H15F6N3O3. The fraction of sp³-hybridized carbons (Fsp3) is 0.200. The summed E-state index contributed by atoms with van der Waals surface area (Å²) in [5.74, 6) is 0.256. The van der Waals surface area contributed by atoms with Crippen LogP contribution in [0.3, 0.4) is 0 Å². The first-order chi connectivity index (χ1) is 14.9. The molecule has 0 radical (unpaired) electrons. The summed E-state index contributed by atoms with van der Waals surface area (Å²) < 4.78 is 87.4. The van der Waals surface area contributed by atoms with Crippen LogP contribution in [0.15, 0.2) is 53.1 Å². The van der Waals surface area contributed by atoms with Gasteiger partial charge in [0.25, 0.3) is 0 Å². The highest BCUT2D eigenvalue weighted by Crippen LogP contribution is 2.36. The maximum absolute atomic E-state index is 13.0. The van der Waals surface area contributed by atoms with Crippen LogP contribution < -0.4 is 11.1 Å². The minimum Gasteiger partial charge on any atom is -0.441 e. The molecule has 0 aliphatic carbocycles. The van der Waals surface area contributed by atoms with Crippen molar-refractivity contribution in [3.05, 3.63) is 71.0 Å². The zero-order chi connectivity index (χ0) is 23.5. The van der Waals surface area contributed by atoms with Crippen LogP contribution in [-0.4, -0.2) is 11.2 Å². The van der Waals surface area contributed by atoms with Crippen molar-refractivity contribution in [1.29, 1.82) is 0 Å². The van der Waals surface area contributed by atoms with Gasteiger partial charge in [-0.15, -0.1) is 0 Å². The summed E-state index contributed by atoms with van der Waals surface area (Å²) in [7, 11) is 0. The minimum absolute atomic E-state index is 0.0823. The number of carbonyl (C=O) groups is 1. The van der Waals surface area contributed by atoms with Crippen LogP contribution in [-0.2, 0) is 30.2 Å². The van der Waals surface area contributed by atoms with E-state index in [1.54, 1.807) is 24.3 Å². The lowest BCUT2D eigenvalue weighted by Crippen LogP contribution is -2.12. The Morgan fingerprint density at radius 3 is 2.09 bits per heavy atom. The number of carbonyl (C=O) groups excluding carboxylic acids is 1. The van der Waals surface area contributed by atoms with Crippen molar-refractivity contribution in [2.75, 3.05) is 5.32 Å². The normalized spacial score (nSPS) is 11.9. The van der Waals surface area contributed by atoms with Crippen LogP contribution in [0.5, 0.6) is 0 Å². The highest BCUT2D eigenvalue weighted by molar-refractivity contribution is 5.65. The van der Waals surface area contributed by atoms with Crippen molar-refractivity contribution in [1.82, 2.24) is 5.16 Å². The second-order valence-electron chi connectivity index (χ2n) is 6.63. The Hall–Kier alpha value is -3.70.